The Balaban J connectivity index is 1.37. The normalized spacial score (nSPS) is 14.6. The quantitative estimate of drug-likeness (QED) is 0.285. The zero-order valence-corrected chi connectivity index (χ0v) is 25.2. The zero-order chi connectivity index (χ0) is 31.0. The van der Waals surface area contributed by atoms with E-state index in [2.05, 4.69) is 20.9 Å². The molecule has 0 saturated carbocycles. The van der Waals surface area contributed by atoms with Crippen molar-refractivity contribution in [1.82, 2.24) is 25.8 Å². The maximum absolute atomic E-state index is 13.5. The highest BCUT2D eigenvalue weighted by Crippen LogP contribution is 2.22. The van der Waals surface area contributed by atoms with Crippen molar-refractivity contribution in [3.8, 4) is 5.75 Å². The van der Waals surface area contributed by atoms with Gasteiger partial charge < -0.3 is 35.3 Å². The molecule has 0 spiro atoms. The van der Waals surface area contributed by atoms with Gasteiger partial charge in [0.25, 0.3) is 0 Å². The van der Waals surface area contributed by atoms with Gasteiger partial charge >= 0.3 is 6.09 Å². The molecular formula is C32H41N5O6. The second-order valence-corrected chi connectivity index (χ2v) is 11.7. The van der Waals surface area contributed by atoms with Crippen LogP contribution >= 0.6 is 0 Å². The van der Waals surface area contributed by atoms with E-state index in [1.165, 1.54) is 0 Å². The molecule has 230 valence electrons. The number of carbonyl (C=O) groups excluding carboxylic acids is 4. The predicted molar refractivity (Wildman–Crippen MR) is 162 cm³/mol. The smallest absolute Gasteiger partial charge is 0.408 e. The third kappa shape index (κ3) is 8.73. The molecule has 0 aliphatic carbocycles. The standard InChI is InChI=1S/C32H41N5O6/c1-32(2,3)43-31(41)35-20-28(38)37-15-13-21(14-16-37)29(39)36-26(17-23-19-33-25-11-7-6-10-24(23)25)30(40)34-18-22-9-5-8-12-27(22)42-4/h5-12,19,21,26,33H,13-18,20H2,1-4H3,(H,34,40)(H,35,41)(H,36,39)/t26-/m0/s1. The number of piperidine rings is 1. The second kappa shape index (κ2) is 14.1. The maximum Gasteiger partial charge on any atom is 0.408 e. The first-order valence-electron chi connectivity index (χ1n) is 14.5. The van der Waals surface area contributed by atoms with Gasteiger partial charge in [-0.25, -0.2) is 4.79 Å². The van der Waals surface area contributed by atoms with Gasteiger partial charge in [0.2, 0.25) is 17.7 Å². The molecule has 2 heterocycles. The molecule has 3 aromatic rings. The molecule has 1 aliphatic rings. The van der Waals surface area contributed by atoms with E-state index in [1.54, 1.807) is 32.8 Å². The summed E-state index contributed by atoms with van der Waals surface area (Å²) in [6, 6.07) is 14.5. The van der Waals surface area contributed by atoms with E-state index in [-0.39, 0.29) is 36.7 Å². The number of carbonyl (C=O) groups is 4. The third-order valence-corrected chi connectivity index (χ3v) is 7.38. The van der Waals surface area contributed by atoms with Crippen LogP contribution in [0.15, 0.2) is 54.7 Å². The molecule has 1 saturated heterocycles. The van der Waals surface area contributed by atoms with Gasteiger partial charge in [-0.2, -0.15) is 0 Å². The molecule has 4 rings (SSSR count). The van der Waals surface area contributed by atoms with Crippen LogP contribution in [0, 0.1) is 5.92 Å². The summed E-state index contributed by atoms with van der Waals surface area (Å²) in [4.78, 5) is 56.3. The number of aromatic amines is 1. The van der Waals surface area contributed by atoms with Crippen molar-refractivity contribution in [1.29, 1.82) is 0 Å². The number of nitrogens with one attached hydrogen (secondary N) is 4. The molecule has 4 amide bonds. The first-order chi connectivity index (χ1) is 20.5. The number of hydrogen-bond acceptors (Lipinski definition) is 6. The number of hydrogen-bond donors (Lipinski definition) is 4. The zero-order valence-electron chi connectivity index (χ0n) is 25.2. The van der Waals surface area contributed by atoms with E-state index in [4.69, 9.17) is 9.47 Å². The number of methoxy groups -OCH3 is 1. The molecule has 2 aromatic carbocycles. The highest BCUT2D eigenvalue weighted by molar-refractivity contribution is 5.90. The van der Waals surface area contributed by atoms with Crippen LogP contribution in [0.1, 0.15) is 44.7 Å². The lowest BCUT2D eigenvalue weighted by atomic mass is 9.94. The van der Waals surface area contributed by atoms with Crippen LogP contribution in [0.5, 0.6) is 5.75 Å². The van der Waals surface area contributed by atoms with E-state index in [9.17, 15) is 19.2 Å². The number of alkyl carbamates (subject to hydrolysis) is 1. The topological polar surface area (TPSA) is 142 Å². The first-order valence-corrected chi connectivity index (χ1v) is 14.5. The summed E-state index contributed by atoms with van der Waals surface area (Å²) >= 11 is 0. The lowest BCUT2D eigenvalue weighted by Gasteiger charge is -2.32. The van der Waals surface area contributed by atoms with E-state index >= 15 is 0 Å². The van der Waals surface area contributed by atoms with Crippen LogP contribution in [0.4, 0.5) is 4.79 Å². The molecule has 0 bridgehead atoms. The first kappa shape index (κ1) is 31.4. The number of fused-ring (bicyclic) bond motifs is 1. The van der Waals surface area contributed by atoms with Crippen LogP contribution in [0.2, 0.25) is 0 Å². The van der Waals surface area contributed by atoms with Crippen molar-refractivity contribution in [2.45, 2.75) is 58.2 Å². The molecule has 1 aliphatic heterocycles. The van der Waals surface area contributed by atoms with E-state index in [0.29, 0.717) is 38.1 Å². The van der Waals surface area contributed by atoms with E-state index < -0.39 is 17.7 Å². The molecule has 43 heavy (non-hydrogen) atoms. The minimum Gasteiger partial charge on any atom is -0.496 e. The fourth-order valence-electron chi connectivity index (χ4n) is 5.14. The number of ether oxygens (including phenoxy) is 2. The molecule has 11 nitrogen and oxygen atoms in total. The molecule has 0 radical (unpaired) electrons. The average molecular weight is 592 g/mol. The van der Waals surface area contributed by atoms with Gasteiger partial charge in [0.05, 0.1) is 7.11 Å². The Bertz CT molecular complexity index is 1440. The number of benzene rings is 2. The predicted octanol–water partition coefficient (Wildman–Crippen LogP) is 3.28. The highest BCUT2D eigenvalue weighted by atomic mass is 16.6. The second-order valence-electron chi connectivity index (χ2n) is 11.7. The van der Waals surface area contributed by atoms with Crippen LogP contribution in [0.3, 0.4) is 0 Å². The number of nitrogens with zero attached hydrogens (tertiary/aromatic N) is 1. The average Bonchev–Trinajstić information content (AvgIpc) is 3.40. The number of para-hydroxylation sites is 2. The van der Waals surface area contributed by atoms with Crippen molar-refractivity contribution in [2.24, 2.45) is 5.92 Å². The molecule has 1 fully saturated rings. The van der Waals surface area contributed by atoms with Crippen molar-refractivity contribution >= 4 is 34.7 Å². The Morgan fingerprint density at radius 1 is 0.977 bits per heavy atom. The molecule has 11 heteroatoms. The van der Waals surface area contributed by atoms with Gasteiger partial charge in [-0.3, -0.25) is 14.4 Å². The number of aromatic nitrogens is 1. The van der Waals surface area contributed by atoms with Crippen LogP contribution < -0.4 is 20.7 Å². The summed E-state index contributed by atoms with van der Waals surface area (Å²) in [6.07, 6.45) is 2.42. The van der Waals surface area contributed by atoms with Crippen molar-refractivity contribution in [2.75, 3.05) is 26.7 Å². The SMILES string of the molecule is COc1ccccc1CNC(=O)[C@H](Cc1c[nH]c2ccccc12)NC(=O)C1CCN(C(=O)CNC(=O)OC(C)(C)C)CC1. The molecule has 1 aromatic heterocycles. The van der Waals surface area contributed by atoms with Gasteiger partial charge in [0.15, 0.2) is 0 Å². The van der Waals surface area contributed by atoms with Crippen LogP contribution in [-0.4, -0.2) is 72.1 Å². The Morgan fingerprint density at radius 2 is 1.67 bits per heavy atom. The Kier molecular flexibility index (Phi) is 10.3. The van der Waals surface area contributed by atoms with Gasteiger partial charge in [0.1, 0.15) is 23.9 Å². The van der Waals surface area contributed by atoms with Gasteiger partial charge in [-0.1, -0.05) is 36.4 Å². The molecule has 1 atom stereocenters. The van der Waals surface area contributed by atoms with E-state index in [1.807, 2.05) is 54.7 Å². The van der Waals surface area contributed by atoms with Gasteiger partial charge in [0, 0.05) is 54.6 Å². The lowest BCUT2D eigenvalue weighted by Crippen LogP contribution is -2.51. The Morgan fingerprint density at radius 3 is 2.40 bits per heavy atom. The number of H-pyrrole nitrogens is 1. The summed E-state index contributed by atoms with van der Waals surface area (Å²) in [5.41, 5.74) is 2.05. The maximum atomic E-state index is 13.5. The third-order valence-electron chi connectivity index (χ3n) is 7.38. The minimum atomic E-state index is -0.806. The Labute approximate surface area is 251 Å². The lowest BCUT2D eigenvalue weighted by molar-refractivity contribution is -0.136. The highest BCUT2D eigenvalue weighted by Gasteiger charge is 2.31. The van der Waals surface area contributed by atoms with Crippen molar-refractivity contribution in [3.05, 3.63) is 65.9 Å². The van der Waals surface area contributed by atoms with Crippen molar-refractivity contribution < 1.29 is 28.7 Å². The fourth-order valence-corrected chi connectivity index (χ4v) is 5.14. The number of amides is 4. The summed E-state index contributed by atoms with van der Waals surface area (Å²) in [5.74, 6) is -0.447. The van der Waals surface area contributed by atoms with Gasteiger partial charge in [-0.05, 0) is 51.3 Å². The Hall–Kier alpha value is -4.54. The van der Waals surface area contributed by atoms with E-state index in [0.717, 1.165) is 22.0 Å². The summed E-state index contributed by atoms with van der Waals surface area (Å²) in [7, 11) is 1.58. The fraction of sp³-hybridized carbons (Fsp3) is 0.438. The minimum absolute atomic E-state index is 0.176. The monoisotopic (exact) mass is 591 g/mol. The number of rotatable bonds is 10. The molecular weight excluding hydrogens is 550 g/mol. The molecule has 4 N–H and O–H groups in total. The number of likely N-dealkylation sites (tertiary alicyclic amines) is 1. The summed E-state index contributed by atoms with van der Waals surface area (Å²) in [6.45, 7) is 6.07. The summed E-state index contributed by atoms with van der Waals surface area (Å²) < 4.78 is 10.6. The molecule has 0 unspecified atom stereocenters. The summed E-state index contributed by atoms with van der Waals surface area (Å²) in [5, 5.41) is 9.43. The van der Waals surface area contributed by atoms with Crippen molar-refractivity contribution in [3.63, 3.8) is 0 Å². The van der Waals surface area contributed by atoms with Crippen LogP contribution in [0.25, 0.3) is 10.9 Å². The van der Waals surface area contributed by atoms with Gasteiger partial charge in [-0.15, -0.1) is 0 Å². The van der Waals surface area contributed by atoms with Crippen LogP contribution in [-0.2, 0) is 32.1 Å². The largest absolute Gasteiger partial charge is 0.496 e.